The second-order valence-electron chi connectivity index (χ2n) is 4.51. The molecule has 1 amide bonds. The summed E-state index contributed by atoms with van der Waals surface area (Å²) in [6, 6.07) is 9.80. The topological polar surface area (TPSA) is 29.1 Å². The van der Waals surface area contributed by atoms with Crippen LogP contribution in [0.4, 0.5) is 0 Å². The van der Waals surface area contributed by atoms with Crippen LogP contribution in [0.5, 0.6) is 0 Å². The smallest absolute Gasteiger partial charge is 0.237 e. The minimum Gasteiger partial charge on any atom is -0.350 e. The van der Waals surface area contributed by atoms with E-state index >= 15 is 0 Å². The third-order valence-corrected chi connectivity index (χ3v) is 3.11. The maximum Gasteiger partial charge on any atom is 0.237 e. The van der Waals surface area contributed by atoms with Crippen LogP contribution in [0.2, 0.25) is 0 Å². The Morgan fingerprint density at radius 2 is 1.80 bits per heavy atom. The molecule has 0 saturated carbocycles. The Morgan fingerprint density at radius 1 is 1.27 bits per heavy atom. The van der Waals surface area contributed by atoms with Crippen molar-refractivity contribution >= 4 is 28.5 Å². The molecule has 0 fully saturated rings. The Bertz CT molecular complexity index is 329. The van der Waals surface area contributed by atoms with Crippen LogP contribution in [0.3, 0.4) is 0 Å². The first-order valence-corrected chi connectivity index (χ1v) is 6.16. The summed E-state index contributed by atoms with van der Waals surface area (Å²) in [5, 5.41) is 2.97. The van der Waals surface area contributed by atoms with E-state index in [1.54, 1.807) is 0 Å². The number of halogens is 1. The molecule has 1 rings (SSSR count). The molecule has 2 nitrogen and oxygen atoms in total. The van der Waals surface area contributed by atoms with Crippen molar-refractivity contribution in [3.05, 3.63) is 35.9 Å². The number of alkyl halides is 1. The molecular formula is C12H16INO. The zero-order valence-corrected chi connectivity index (χ0v) is 11.4. The summed E-state index contributed by atoms with van der Waals surface area (Å²) in [5.74, 6) is 0.0642. The second kappa shape index (κ2) is 4.96. The zero-order valence-electron chi connectivity index (χ0n) is 9.25. The predicted molar refractivity (Wildman–Crippen MR) is 71.1 cm³/mol. The number of nitrogens with one attached hydrogen (secondary N) is 1. The highest BCUT2D eigenvalue weighted by Gasteiger charge is 2.21. The molecule has 0 aliphatic heterocycles. The van der Waals surface area contributed by atoms with E-state index in [1.165, 1.54) is 0 Å². The Balaban J connectivity index is 2.70. The van der Waals surface area contributed by atoms with Crippen LogP contribution in [0.15, 0.2) is 30.3 Å². The maximum atomic E-state index is 11.8. The van der Waals surface area contributed by atoms with Gasteiger partial charge in [0.25, 0.3) is 0 Å². The largest absolute Gasteiger partial charge is 0.350 e. The van der Waals surface area contributed by atoms with Crippen molar-refractivity contribution in [2.75, 3.05) is 0 Å². The van der Waals surface area contributed by atoms with Gasteiger partial charge in [-0.05, 0) is 26.3 Å². The molecule has 3 heteroatoms. The quantitative estimate of drug-likeness (QED) is 0.659. The number of hydrogen-bond donors (Lipinski definition) is 1. The summed E-state index contributed by atoms with van der Waals surface area (Å²) in [5.41, 5.74) is 0.870. The van der Waals surface area contributed by atoms with Crippen molar-refractivity contribution < 1.29 is 4.79 Å². The minimum absolute atomic E-state index is 0.0642. The van der Waals surface area contributed by atoms with Gasteiger partial charge >= 0.3 is 0 Å². The lowest BCUT2D eigenvalue weighted by Gasteiger charge is -2.22. The molecule has 1 unspecified atom stereocenters. The van der Waals surface area contributed by atoms with Gasteiger partial charge in [0.05, 0.1) is 0 Å². The predicted octanol–water partition coefficient (Wildman–Crippen LogP) is 3.08. The Hall–Kier alpha value is -0.580. The number of rotatable bonds is 2. The molecule has 82 valence electrons. The Morgan fingerprint density at radius 3 is 2.27 bits per heavy atom. The fraction of sp³-hybridized carbons (Fsp3) is 0.417. The first-order chi connectivity index (χ1) is 6.90. The molecule has 0 aromatic heterocycles. The van der Waals surface area contributed by atoms with Crippen molar-refractivity contribution in [2.24, 2.45) is 0 Å². The first-order valence-electron chi connectivity index (χ1n) is 4.91. The molecule has 0 saturated heterocycles. The van der Waals surface area contributed by atoms with E-state index in [0.717, 1.165) is 5.56 Å². The SMILES string of the molecule is CC(C)(C)NC(=O)C(I)c1ccccc1. The van der Waals surface area contributed by atoms with Gasteiger partial charge in [0.1, 0.15) is 3.92 Å². The van der Waals surface area contributed by atoms with Crippen LogP contribution in [0, 0.1) is 0 Å². The molecule has 0 bridgehead atoms. The fourth-order valence-corrected chi connectivity index (χ4v) is 1.78. The van der Waals surface area contributed by atoms with Crippen molar-refractivity contribution in [2.45, 2.75) is 30.2 Å². The van der Waals surface area contributed by atoms with Crippen LogP contribution >= 0.6 is 22.6 Å². The van der Waals surface area contributed by atoms with E-state index in [0.29, 0.717) is 0 Å². The molecule has 15 heavy (non-hydrogen) atoms. The van der Waals surface area contributed by atoms with E-state index < -0.39 is 0 Å². The van der Waals surface area contributed by atoms with Gasteiger partial charge in [0, 0.05) is 5.54 Å². The van der Waals surface area contributed by atoms with Gasteiger partial charge in [-0.3, -0.25) is 4.79 Å². The van der Waals surface area contributed by atoms with Gasteiger partial charge in [0.15, 0.2) is 0 Å². The first kappa shape index (κ1) is 12.5. The van der Waals surface area contributed by atoms with Crippen molar-refractivity contribution in [1.82, 2.24) is 5.32 Å². The van der Waals surface area contributed by atoms with Crippen molar-refractivity contribution in [3.8, 4) is 0 Å². The molecule has 0 heterocycles. The van der Waals surface area contributed by atoms with Crippen molar-refractivity contribution in [3.63, 3.8) is 0 Å². The van der Waals surface area contributed by atoms with Gasteiger partial charge in [0.2, 0.25) is 5.91 Å². The van der Waals surface area contributed by atoms with Crippen LogP contribution in [0.1, 0.15) is 30.3 Å². The van der Waals surface area contributed by atoms with E-state index in [9.17, 15) is 4.79 Å². The second-order valence-corrected chi connectivity index (χ2v) is 5.76. The third kappa shape index (κ3) is 4.20. The summed E-state index contributed by atoms with van der Waals surface area (Å²) >= 11 is 2.16. The summed E-state index contributed by atoms with van der Waals surface area (Å²) in [4.78, 5) is 11.8. The van der Waals surface area contributed by atoms with E-state index in [-0.39, 0.29) is 15.4 Å². The summed E-state index contributed by atoms with van der Waals surface area (Å²) in [6.07, 6.45) is 0. The molecule has 0 aliphatic rings. The minimum atomic E-state index is -0.171. The molecule has 0 spiro atoms. The molecule has 1 atom stereocenters. The molecular weight excluding hydrogens is 301 g/mol. The van der Waals surface area contributed by atoms with E-state index in [4.69, 9.17) is 0 Å². The van der Waals surface area contributed by atoms with Crippen LogP contribution < -0.4 is 5.32 Å². The summed E-state index contributed by atoms with van der Waals surface area (Å²) in [7, 11) is 0. The highest BCUT2D eigenvalue weighted by atomic mass is 127. The van der Waals surface area contributed by atoms with E-state index in [1.807, 2.05) is 51.1 Å². The average molecular weight is 317 g/mol. The lowest BCUT2D eigenvalue weighted by Crippen LogP contribution is -2.42. The highest BCUT2D eigenvalue weighted by Crippen LogP contribution is 2.23. The van der Waals surface area contributed by atoms with Gasteiger partial charge in [-0.2, -0.15) is 0 Å². The molecule has 1 aromatic carbocycles. The highest BCUT2D eigenvalue weighted by molar-refractivity contribution is 14.1. The number of hydrogen-bond acceptors (Lipinski definition) is 1. The number of carbonyl (C=O) groups excluding carboxylic acids is 1. The summed E-state index contributed by atoms with van der Waals surface area (Å²) in [6.45, 7) is 5.96. The van der Waals surface area contributed by atoms with E-state index in [2.05, 4.69) is 27.9 Å². The van der Waals surface area contributed by atoms with Crippen LogP contribution in [-0.2, 0) is 4.79 Å². The Labute approximate surface area is 105 Å². The number of benzene rings is 1. The lowest BCUT2D eigenvalue weighted by molar-refractivity contribution is -0.121. The van der Waals surface area contributed by atoms with Gasteiger partial charge < -0.3 is 5.32 Å². The number of amides is 1. The maximum absolute atomic E-state index is 11.8. The van der Waals surface area contributed by atoms with Gasteiger partial charge in [-0.1, -0.05) is 52.9 Å². The van der Waals surface area contributed by atoms with Gasteiger partial charge in [-0.15, -0.1) is 0 Å². The standard InChI is InChI=1S/C12H16INO/c1-12(2,3)14-11(15)10(13)9-7-5-4-6-8-9/h4-8,10H,1-3H3,(H,14,15). The average Bonchev–Trinajstić information content (AvgIpc) is 2.15. The normalized spacial score (nSPS) is 13.3. The monoisotopic (exact) mass is 317 g/mol. The summed E-state index contributed by atoms with van der Waals surface area (Å²) < 4.78 is -0.122. The van der Waals surface area contributed by atoms with Crippen LogP contribution in [-0.4, -0.2) is 11.4 Å². The zero-order chi connectivity index (χ0) is 11.5. The van der Waals surface area contributed by atoms with Crippen LogP contribution in [0.25, 0.3) is 0 Å². The molecule has 1 aromatic rings. The lowest BCUT2D eigenvalue weighted by atomic mass is 10.1. The van der Waals surface area contributed by atoms with Gasteiger partial charge in [-0.25, -0.2) is 0 Å². The number of carbonyl (C=O) groups is 1. The molecule has 0 aliphatic carbocycles. The third-order valence-electron chi connectivity index (χ3n) is 1.82. The molecule has 1 N–H and O–H groups in total. The fourth-order valence-electron chi connectivity index (χ4n) is 1.21. The van der Waals surface area contributed by atoms with Crippen molar-refractivity contribution in [1.29, 1.82) is 0 Å². The Kier molecular flexibility index (Phi) is 4.13. The molecule has 0 radical (unpaired) electrons.